The zero-order valence-corrected chi connectivity index (χ0v) is 7.66. The first-order valence-corrected chi connectivity index (χ1v) is 4.53. The van der Waals surface area contributed by atoms with Gasteiger partial charge in [0.25, 0.3) is 0 Å². The van der Waals surface area contributed by atoms with E-state index in [0.29, 0.717) is 5.92 Å². The molecule has 0 aliphatic heterocycles. The third-order valence-electron chi connectivity index (χ3n) is 3.04. The third-order valence-corrected chi connectivity index (χ3v) is 3.04. The van der Waals surface area contributed by atoms with Gasteiger partial charge in [-0.2, -0.15) is 0 Å². The molecule has 2 unspecified atom stereocenters. The van der Waals surface area contributed by atoms with Crippen LogP contribution < -0.4 is 5.73 Å². The van der Waals surface area contributed by atoms with Crippen LogP contribution in [-0.4, -0.2) is 5.91 Å². The van der Waals surface area contributed by atoms with E-state index >= 15 is 0 Å². The molecular weight excluding hydrogens is 162 g/mol. The topological polar surface area (TPSA) is 43.1 Å². The van der Waals surface area contributed by atoms with Crippen LogP contribution in [0.2, 0.25) is 0 Å². The van der Waals surface area contributed by atoms with E-state index in [0.717, 1.165) is 12.0 Å². The SMILES string of the molecule is CC1CC1(C(N)=O)c1ccccc1. The van der Waals surface area contributed by atoms with Gasteiger partial charge in [-0.1, -0.05) is 37.3 Å². The second-order valence-electron chi connectivity index (χ2n) is 3.81. The quantitative estimate of drug-likeness (QED) is 0.726. The Hall–Kier alpha value is -1.31. The summed E-state index contributed by atoms with van der Waals surface area (Å²) in [5, 5.41) is 0. The molecule has 1 aromatic rings. The largest absolute Gasteiger partial charge is 0.369 e. The van der Waals surface area contributed by atoms with Gasteiger partial charge in [0.2, 0.25) is 5.91 Å². The zero-order valence-electron chi connectivity index (χ0n) is 7.66. The Morgan fingerprint density at radius 2 is 2.00 bits per heavy atom. The Bertz CT molecular complexity index is 333. The highest BCUT2D eigenvalue weighted by molar-refractivity contribution is 5.90. The van der Waals surface area contributed by atoms with Crippen molar-refractivity contribution < 1.29 is 4.79 Å². The van der Waals surface area contributed by atoms with Gasteiger partial charge in [0, 0.05) is 0 Å². The second kappa shape index (κ2) is 2.59. The molecule has 2 heteroatoms. The average molecular weight is 175 g/mol. The summed E-state index contributed by atoms with van der Waals surface area (Å²) in [7, 11) is 0. The molecule has 0 saturated heterocycles. The van der Waals surface area contributed by atoms with Gasteiger partial charge < -0.3 is 5.73 Å². The molecule has 0 radical (unpaired) electrons. The van der Waals surface area contributed by atoms with Crippen molar-refractivity contribution in [2.24, 2.45) is 11.7 Å². The normalized spacial score (nSPS) is 31.3. The molecular formula is C11H13NO. The standard InChI is InChI=1S/C11H13NO/c1-8-7-11(8,10(12)13)9-5-3-2-4-6-9/h2-6,8H,7H2,1H3,(H2,12,13). The van der Waals surface area contributed by atoms with Gasteiger partial charge in [-0.05, 0) is 17.9 Å². The van der Waals surface area contributed by atoms with E-state index in [1.807, 2.05) is 30.3 Å². The maximum absolute atomic E-state index is 11.3. The van der Waals surface area contributed by atoms with Crippen LogP contribution >= 0.6 is 0 Å². The minimum Gasteiger partial charge on any atom is -0.369 e. The number of carbonyl (C=O) groups excluding carboxylic acids is 1. The van der Waals surface area contributed by atoms with Gasteiger partial charge in [-0.15, -0.1) is 0 Å². The van der Waals surface area contributed by atoms with Crippen LogP contribution in [0.15, 0.2) is 30.3 Å². The van der Waals surface area contributed by atoms with Gasteiger partial charge in [0.05, 0.1) is 5.41 Å². The van der Waals surface area contributed by atoms with E-state index in [2.05, 4.69) is 6.92 Å². The Kier molecular flexibility index (Phi) is 1.65. The number of rotatable bonds is 2. The molecule has 1 aliphatic carbocycles. The molecule has 2 nitrogen and oxygen atoms in total. The summed E-state index contributed by atoms with van der Waals surface area (Å²) in [5.41, 5.74) is 6.12. The van der Waals surface area contributed by atoms with E-state index in [1.165, 1.54) is 0 Å². The first kappa shape index (κ1) is 8.30. The molecule has 1 aromatic carbocycles. The number of amides is 1. The van der Waals surface area contributed by atoms with Crippen molar-refractivity contribution in [3.8, 4) is 0 Å². The molecule has 68 valence electrons. The summed E-state index contributed by atoms with van der Waals surface area (Å²) < 4.78 is 0. The monoisotopic (exact) mass is 175 g/mol. The van der Waals surface area contributed by atoms with E-state index in [1.54, 1.807) is 0 Å². The molecule has 0 aromatic heterocycles. The third kappa shape index (κ3) is 1.05. The smallest absolute Gasteiger partial charge is 0.228 e. The summed E-state index contributed by atoms with van der Waals surface area (Å²) in [4.78, 5) is 11.3. The van der Waals surface area contributed by atoms with Crippen molar-refractivity contribution in [3.05, 3.63) is 35.9 Å². The number of hydrogen-bond acceptors (Lipinski definition) is 1. The van der Waals surface area contributed by atoms with Crippen molar-refractivity contribution in [3.63, 3.8) is 0 Å². The van der Waals surface area contributed by atoms with Gasteiger partial charge in [0.15, 0.2) is 0 Å². The van der Waals surface area contributed by atoms with Crippen LogP contribution in [0.1, 0.15) is 18.9 Å². The first-order valence-electron chi connectivity index (χ1n) is 4.53. The predicted octanol–water partition coefficient (Wildman–Crippen LogP) is 1.45. The van der Waals surface area contributed by atoms with E-state index in [9.17, 15) is 4.79 Å². The maximum atomic E-state index is 11.3. The van der Waals surface area contributed by atoms with Crippen molar-refractivity contribution >= 4 is 5.91 Å². The summed E-state index contributed by atoms with van der Waals surface area (Å²) >= 11 is 0. The Morgan fingerprint density at radius 3 is 2.38 bits per heavy atom. The van der Waals surface area contributed by atoms with Crippen LogP contribution in [0.25, 0.3) is 0 Å². The molecule has 0 heterocycles. The highest BCUT2D eigenvalue weighted by Crippen LogP contribution is 2.53. The number of benzene rings is 1. The number of hydrogen-bond donors (Lipinski definition) is 1. The van der Waals surface area contributed by atoms with E-state index in [-0.39, 0.29) is 11.3 Å². The number of primary amides is 1. The van der Waals surface area contributed by atoms with Crippen molar-refractivity contribution in [1.29, 1.82) is 0 Å². The number of nitrogens with two attached hydrogens (primary N) is 1. The second-order valence-corrected chi connectivity index (χ2v) is 3.81. The lowest BCUT2D eigenvalue weighted by Gasteiger charge is -2.11. The lowest BCUT2D eigenvalue weighted by atomic mass is 9.93. The molecule has 2 rings (SSSR count). The highest BCUT2D eigenvalue weighted by atomic mass is 16.1. The fourth-order valence-corrected chi connectivity index (χ4v) is 2.05. The number of carbonyl (C=O) groups is 1. The van der Waals surface area contributed by atoms with Crippen LogP contribution in [0.5, 0.6) is 0 Å². The Labute approximate surface area is 77.8 Å². The van der Waals surface area contributed by atoms with Gasteiger partial charge in [0.1, 0.15) is 0 Å². The fourth-order valence-electron chi connectivity index (χ4n) is 2.05. The molecule has 13 heavy (non-hydrogen) atoms. The summed E-state index contributed by atoms with van der Waals surface area (Å²) in [5.74, 6) is 0.207. The summed E-state index contributed by atoms with van der Waals surface area (Å²) in [6, 6.07) is 9.81. The van der Waals surface area contributed by atoms with Crippen LogP contribution in [-0.2, 0) is 10.2 Å². The van der Waals surface area contributed by atoms with Crippen LogP contribution in [0, 0.1) is 5.92 Å². The minimum atomic E-state index is -0.360. The molecule has 1 fully saturated rings. The molecule has 2 N–H and O–H groups in total. The fraction of sp³-hybridized carbons (Fsp3) is 0.364. The summed E-state index contributed by atoms with van der Waals surface area (Å²) in [6.07, 6.45) is 0.895. The average Bonchev–Trinajstić information content (AvgIpc) is 2.80. The lowest BCUT2D eigenvalue weighted by molar-refractivity contribution is -0.120. The molecule has 1 saturated carbocycles. The van der Waals surface area contributed by atoms with Gasteiger partial charge in [-0.3, -0.25) is 4.79 Å². The first-order chi connectivity index (χ1) is 6.18. The minimum absolute atomic E-state index is 0.189. The Morgan fingerprint density at radius 1 is 1.46 bits per heavy atom. The molecule has 1 aliphatic rings. The molecule has 0 bridgehead atoms. The predicted molar refractivity (Wildman–Crippen MR) is 51.1 cm³/mol. The molecule has 1 amide bonds. The van der Waals surface area contributed by atoms with Gasteiger partial charge in [-0.25, -0.2) is 0 Å². The van der Waals surface area contributed by atoms with Gasteiger partial charge >= 0.3 is 0 Å². The highest BCUT2D eigenvalue weighted by Gasteiger charge is 2.57. The maximum Gasteiger partial charge on any atom is 0.228 e. The molecule has 0 spiro atoms. The van der Waals surface area contributed by atoms with Crippen molar-refractivity contribution in [2.75, 3.05) is 0 Å². The van der Waals surface area contributed by atoms with Crippen LogP contribution in [0.4, 0.5) is 0 Å². The van der Waals surface area contributed by atoms with E-state index in [4.69, 9.17) is 5.73 Å². The Balaban J connectivity index is 2.40. The zero-order chi connectivity index (χ0) is 9.47. The van der Waals surface area contributed by atoms with E-state index < -0.39 is 0 Å². The molecule has 2 atom stereocenters. The van der Waals surface area contributed by atoms with Crippen LogP contribution in [0.3, 0.4) is 0 Å². The van der Waals surface area contributed by atoms with Crippen molar-refractivity contribution in [1.82, 2.24) is 0 Å². The lowest BCUT2D eigenvalue weighted by Crippen LogP contribution is -2.30. The van der Waals surface area contributed by atoms with Crippen molar-refractivity contribution in [2.45, 2.75) is 18.8 Å². The summed E-state index contributed by atoms with van der Waals surface area (Å²) in [6.45, 7) is 2.07.